The smallest absolute Gasteiger partial charge is 0.318 e. The van der Waals surface area contributed by atoms with E-state index < -0.39 is 23.3 Å². The van der Waals surface area contributed by atoms with Crippen molar-refractivity contribution >= 4 is 11.9 Å². The number of ether oxygens (including phenoxy) is 3. The number of carboxylic acid groups (broad SMARTS) is 2. The van der Waals surface area contributed by atoms with Gasteiger partial charge < -0.3 is 24.4 Å². The van der Waals surface area contributed by atoms with Crippen LogP contribution in [0.4, 0.5) is 0 Å². The van der Waals surface area contributed by atoms with Gasteiger partial charge in [0.05, 0.1) is 13.7 Å². The molecule has 7 nitrogen and oxygen atoms in total. The lowest BCUT2D eigenvalue weighted by molar-refractivity contribution is -0.160. The number of aliphatic carboxylic acids is 2. The highest BCUT2D eigenvalue weighted by Gasteiger charge is 2.41. The van der Waals surface area contributed by atoms with Gasteiger partial charge in [0.1, 0.15) is 0 Å². The van der Waals surface area contributed by atoms with Crippen LogP contribution in [-0.2, 0) is 20.7 Å². The van der Waals surface area contributed by atoms with Gasteiger partial charge in [-0.15, -0.1) is 0 Å². The van der Waals surface area contributed by atoms with Gasteiger partial charge >= 0.3 is 11.9 Å². The minimum absolute atomic E-state index is 0.273. The van der Waals surface area contributed by atoms with Gasteiger partial charge in [-0.3, -0.25) is 9.59 Å². The molecule has 0 saturated heterocycles. The summed E-state index contributed by atoms with van der Waals surface area (Å²) in [5, 5.41) is 18.4. The van der Waals surface area contributed by atoms with E-state index in [9.17, 15) is 19.8 Å². The van der Waals surface area contributed by atoms with Crippen molar-refractivity contribution in [2.75, 3.05) is 27.4 Å². The number of methoxy groups -OCH3 is 2. The van der Waals surface area contributed by atoms with Crippen molar-refractivity contribution < 1.29 is 34.0 Å². The fourth-order valence-corrected chi connectivity index (χ4v) is 2.73. The predicted molar refractivity (Wildman–Crippen MR) is 91.2 cm³/mol. The zero-order valence-electron chi connectivity index (χ0n) is 15.1. The lowest BCUT2D eigenvalue weighted by atomic mass is 9.74. The Morgan fingerprint density at radius 1 is 1.08 bits per heavy atom. The third-order valence-electron chi connectivity index (χ3n) is 3.91. The molecule has 0 aliphatic carbocycles. The second-order valence-electron chi connectivity index (χ2n) is 6.45. The van der Waals surface area contributed by atoms with E-state index >= 15 is 0 Å². The maximum atomic E-state index is 11.3. The predicted octanol–water partition coefficient (Wildman–Crippen LogP) is 2.46. The molecule has 2 N–H and O–H groups in total. The van der Waals surface area contributed by atoms with Crippen LogP contribution in [-0.4, -0.2) is 49.6 Å². The monoisotopic (exact) mass is 354 g/mol. The van der Waals surface area contributed by atoms with Crippen molar-refractivity contribution in [1.29, 1.82) is 0 Å². The topological polar surface area (TPSA) is 102 Å². The molecule has 0 radical (unpaired) electrons. The molecule has 7 heteroatoms. The van der Waals surface area contributed by atoms with E-state index in [0.717, 1.165) is 12.0 Å². The standard InChI is InChI=1S/C18H26O7/c1-18(2,15(16(19)20)17(21)22)11-12-6-7-13(24-4)14(10-12)25-9-5-8-23-3/h6-7,10,15H,5,8-9,11H2,1-4H3,(H,19,20)(H,21,22). The summed E-state index contributed by atoms with van der Waals surface area (Å²) in [5.41, 5.74) is -0.195. The molecule has 140 valence electrons. The molecule has 0 spiro atoms. The molecule has 1 aromatic carbocycles. The summed E-state index contributed by atoms with van der Waals surface area (Å²) in [6, 6.07) is 5.27. The molecule has 0 heterocycles. The quantitative estimate of drug-likeness (QED) is 0.465. The van der Waals surface area contributed by atoms with Crippen LogP contribution in [0.25, 0.3) is 0 Å². The van der Waals surface area contributed by atoms with Gasteiger partial charge in [-0.1, -0.05) is 19.9 Å². The number of benzene rings is 1. The van der Waals surface area contributed by atoms with Gasteiger partial charge in [0.15, 0.2) is 17.4 Å². The largest absolute Gasteiger partial charge is 0.493 e. The van der Waals surface area contributed by atoms with E-state index in [2.05, 4.69) is 0 Å². The van der Waals surface area contributed by atoms with Crippen LogP contribution in [0.3, 0.4) is 0 Å². The van der Waals surface area contributed by atoms with Gasteiger partial charge in [0.2, 0.25) is 0 Å². The minimum Gasteiger partial charge on any atom is -0.493 e. The Labute approximate surface area is 147 Å². The van der Waals surface area contributed by atoms with Crippen LogP contribution in [0.1, 0.15) is 25.8 Å². The average Bonchev–Trinajstić information content (AvgIpc) is 2.50. The maximum absolute atomic E-state index is 11.3. The highest BCUT2D eigenvalue weighted by Crippen LogP contribution is 2.35. The van der Waals surface area contributed by atoms with Crippen LogP contribution in [0.2, 0.25) is 0 Å². The Kier molecular flexibility index (Phi) is 7.70. The molecule has 0 aromatic heterocycles. The summed E-state index contributed by atoms with van der Waals surface area (Å²) < 4.78 is 15.9. The first-order valence-electron chi connectivity index (χ1n) is 7.97. The van der Waals surface area contributed by atoms with Gasteiger partial charge in [-0.05, 0) is 29.5 Å². The number of carbonyl (C=O) groups is 2. The molecule has 0 aliphatic rings. The molecule has 0 saturated carbocycles. The lowest BCUT2D eigenvalue weighted by Crippen LogP contribution is -2.38. The third kappa shape index (κ3) is 5.94. The lowest BCUT2D eigenvalue weighted by Gasteiger charge is -2.29. The second-order valence-corrected chi connectivity index (χ2v) is 6.45. The summed E-state index contributed by atoms with van der Waals surface area (Å²) in [7, 11) is 3.15. The first-order chi connectivity index (χ1) is 11.7. The molecular weight excluding hydrogens is 328 g/mol. The zero-order valence-corrected chi connectivity index (χ0v) is 15.1. The zero-order chi connectivity index (χ0) is 19.0. The molecule has 0 atom stereocenters. The van der Waals surface area contributed by atoms with Crippen LogP contribution in [0.5, 0.6) is 11.5 Å². The first-order valence-corrected chi connectivity index (χ1v) is 7.97. The Bertz CT molecular complexity index is 581. The van der Waals surface area contributed by atoms with Crippen molar-refractivity contribution in [2.24, 2.45) is 11.3 Å². The Morgan fingerprint density at radius 2 is 1.72 bits per heavy atom. The van der Waals surface area contributed by atoms with E-state index in [1.807, 2.05) is 0 Å². The van der Waals surface area contributed by atoms with Gasteiger partial charge in [-0.25, -0.2) is 0 Å². The number of hydrogen-bond acceptors (Lipinski definition) is 5. The molecule has 0 fully saturated rings. The van der Waals surface area contributed by atoms with Crippen LogP contribution < -0.4 is 9.47 Å². The molecule has 25 heavy (non-hydrogen) atoms. The summed E-state index contributed by atoms with van der Waals surface area (Å²) in [4.78, 5) is 22.6. The highest BCUT2D eigenvalue weighted by atomic mass is 16.5. The third-order valence-corrected chi connectivity index (χ3v) is 3.91. The molecule has 0 bridgehead atoms. The molecular formula is C18H26O7. The van der Waals surface area contributed by atoms with Gasteiger partial charge in [0, 0.05) is 20.1 Å². The highest BCUT2D eigenvalue weighted by molar-refractivity contribution is 5.93. The normalized spacial score (nSPS) is 11.4. The van der Waals surface area contributed by atoms with E-state index in [0.29, 0.717) is 24.7 Å². The molecule has 1 aromatic rings. The summed E-state index contributed by atoms with van der Waals surface area (Å²) in [6.45, 7) is 4.28. The van der Waals surface area contributed by atoms with Crippen molar-refractivity contribution in [2.45, 2.75) is 26.7 Å². The van der Waals surface area contributed by atoms with Gasteiger partial charge in [0.25, 0.3) is 0 Å². The molecule has 0 unspecified atom stereocenters. The fraction of sp³-hybridized carbons (Fsp3) is 0.556. The van der Waals surface area contributed by atoms with Crippen molar-refractivity contribution in [3.8, 4) is 11.5 Å². The summed E-state index contributed by atoms with van der Waals surface area (Å²) in [6.07, 6.45) is 0.990. The maximum Gasteiger partial charge on any atom is 0.318 e. The van der Waals surface area contributed by atoms with E-state index in [-0.39, 0.29) is 6.42 Å². The average molecular weight is 354 g/mol. The summed E-state index contributed by atoms with van der Waals surface area (Å²) in [5.74, 6) is -3.09. The van der Waals surface area contributed by atoms with Crippen molar-refractivity contribution in [1.82, 2.24) is 0 Å². The van der Waals surface area contributed by atoms with Crippen LogP contribution in [0.15, 0.2) is 18.2 Å². The Balaban J connectivity index is 2.97. The van der Waals surface area contributed by atoms with Gasteiger partial charge in [-0.2, -0.15) is 0 Å². The SMILES string of the molecule is COCCCOc1cc(CC(C)(C)C(C(=O)O)C(=O)O)ccc1OC. The minimum atomic E-state index is -1.50. The Hall–Kier alpha value is -2.28. The van der Waals surface area contributed by atoms with Crippen molar-refractivity contribution in [3.05, 3.63) is 23.8 Å². The number of rotatable bonds is 11. The number of hydrogen-bond donors (Lipinski definition) is 2. The molecule has 1 rings (SSSR count). The van der Waals surface area contributed by atoms with E-state index in [1.165, 1.54) is 7.11 Å². The summed E-state index contributed by atoms with van der Waals surface area (Å²) >= 11 is 0. The first kappa shape index (κ1) is 20.8. The van der Waals surface area contributed by atoms with E-state index in [1.54, 1.807) is 39.2 Å². The Morgan fingerprint density at radius 3 is 2.24 bits per heavy atom. The number of carboxylic acids is 2. The molecule has 0 aliphatic heterocycles. The van der Waals surface area contributed by atoms with Crippen molar-refractivity contribution in [3.63, 3.8) is 0 Å². The fourth-order valence-electron chi connectivity index (χ4n) is 2.73. The van der Waals surface area contributed by atoms with Crippen LogP contribution >= 0.6 is 0 Å². The van der Waals surface area contributed by atoms with Crippen LogP contribution in [0, 0.1) is 11.3 Å². The van der Waals surface area contributed by atoms with E-state index in [4.69, 9.17) is 14.2 Å². The second kappa shape index (κ2) is 9.27. The molecule has 0 amide bonds.